The van der Waals surface area contributed by atoms with E-state index >= 15 is 0 Å². The van der Waals surface area contributed by atoms with Crippen molar-refractivity contribution in [1.82, 2.24) is 5.32 Å². The van der Waals surface area contributed by atoms with Crippen LogP contribution in [0.3, 0.4) is 0 Å². The summed E-state index contributed by atoms with van der Waals surface area (Å²) in [5, 5.41) is 14.2. The van der Waals surface area contributed by atoms with Crippen LogP contribution in [0.5, 0.6) is 0 Å². The van der Waals surface area contributed by atoms with Gasteiger partial charge in [0.15, 0.2) is 0 Å². The number of anilines is 1. The Kier molecular flexibility index (Phi) is 5.92. The molecule has 18 heavy (non-hydrogen) atoms. The average molecular weight is 357 g/mol. The van der Waals surface area contributed by atoms with Gasteiger partial charge < -0.3 is 10.6 Å². The Balaban J connectivity index is 2.71. The van der Waals surface area contributed by atoms with Crippen molar-refractivity contribution in [2.24, 2.45) is 0 Å². The van der Waals surface area contributed by atoms with Gasteiger partial charge >= 0.3 is 6.03 Å². The first-order valence-electron chi connectivity index (χ1n) is 5.71. The summed E-state index contributed by atoms with van der Waals surface area (Å²) in [4.78, 5) is 11.6. The minimum Gasteiger partial charge on any atom is -0.336 e. The Bertz CT molecular complexity index is 454. The zero-order valence-corrected chi connectivity index (χ0v) is 12.6. The molecule has 1 aromatic carbocycles. The number of nitrogens with one attached hydrogen (secondary N) is 2. The predicted molar refractivity (Wildman–Crippen MR) is 80.7 cm³/mol. The van der Waals surface area contributed by atoms with Crippen LogP contribution in [-0.2, 0) is 0 Å². The lowest BCUT2D eigenvalue weighted by atomic mass is 10.1. The van der Waals surface area contributed by atoms with Crippen molar-refractivity contribution in [3.63, 3.8) is 0 Å². The third-order valence-electron chi connectivity index (χ3n) is 2.20. The van der Waals surface area contributed by atoms with E-state index in [2.05, 4.69) is 39.3 Å². The second kappa shape index (κ2) is 7.21. The van der Waals surface area contributed by atoms with Crippen molar-refractivity contribution in [1.29, 1.82) is 5.26 Å². The summed E-state index contributed by atoms with van der Waals surface area (Å²) in [7, 11) is 0. The number of alkyl halides is 1. The van der Waals surface area contributed by atoms with Gasteiger partial charge in [-0.1, -0.05) is 34.7 Å². The van der Waals surface area contributed by atoms with Gasteiger partial charge in [0.2, 0.25) is 0 Å². The SMILES string of the molecule is CC(C)NC(=O)Nc1cccc(C(I)CC#N)c1. The summed E-state index contributed by atoms with van der Waals surface area (Å²) in [6.45, 7) is 3.81. The summed E-state index contributed by atoms with van der Waals surface area (Å²) in [6.07, 6.45) is 0.461. The fourth-order valence-corrected chi connectivity index (χ4v) is 2.02. The number of hydrogen-bond acceptors (Lipinski definition) is 2. The lowest BCUT2D eigenvalue weighted by Gasteiger charge is -2.12. The fourth-order valence-electron chi connectivity index (χ4n) is 1.44. The summed E-state index contributed by atoms with van der Waals surface area (Å²) < 4.78 is 0.141. The number of nitrogens with zero attached hydrogens (tertiary/aromatic N) is 1. The molecule has 0 fully saturated rings. The molecule has 0 bridgehead atoms. The predicted octanol–water partition coefficient (Wildman–Crippen LogP) is 3.61. The van der Waals surface area contributed by atoms with E-state index in [1.165, 1.54) is 0 Å². The molecule has 0 saturated carbocycles. The van der Waals surface area contributed by atoms with Gasteiger partial charge in [0.25, 0.3) is 0 Å². The second-order valence-electron chi connectivity index (χ2n) is 4.21. The largest absolute Gasteiger partial charge is 0.336 e. The van der Waals surface area contributed by atoms with Crippen LogP contribution in [0, 0.1) is 11.3 Å². The molecule has 0 heterocycles. The third kappa shape index (κ3) is 4.92. The van der Waals surface area contributed by atoms with Crippen LogP contribution in [0.15, 0.2) is 24.3 Å². The highest BCUT2D eigenvalue weighted by Crippen LogP contribution is 2.28. The van der Waals surface area contributed by atoms with Crippen LogP contribution >= 0.6 is 22.6 Å². The molecule has 1 unspecified atom stereocenters. The molecule has 1 rings (SSSR count). The van der Waals surface area contributed by atoms with Crippen molar-refractivity contribution in [3.8, 4) is 6.07 Å². The molecule has 0 radical (unpaired) electrons. The Hall–Kier alpha value is -1.29. The smallest absolute Gasteiger partial charge is 0.319 e. The highest BCUT2D eigenvalue weighted by Gasteiger charge is 2.08. The van der Waals surface area contributed by atoms with E-state index in [9.17, 15) is 4.79 Å². The normalized spacial score (nSPS) is 11.7. The van der Waals surface area contributed by atoms with Crippen molar-refractivity contribution >= 4 is 34.3 Å². The zero-order chi connectivity index (χ0) is 13.5. The van der Waals surface area contributed by atoms with E-state index in [1.54, 1.807) is 0 Å². The molecule has 0 saturated heterocycles. The lowest BCUT2D eigenvalue weighted by molar-refractivity contribution is 0.250. The quantitative estimate of drug-likeness (QED) is 0.639. The van der Waals surface area contributed by atoms with Gasteiger partial charge in [0, 0.05) is 15.7 Å². The van der Waals surface area contributed by atoms with Gasteiger partial charge in [-0.25, -0.2) is 4.79 Å². The molecule has 0 aliphatic rings. The van der Waals surface area contributed by atoms with Gasteiger partial charge in [-0.3, -0.25) is 0 Å². The first-order chi connectivity index (χ1) is 8.52. The van der Waals surface area contributed by atoms with E-state index < -0.39 is 0 Å². The minimum atomic E-state index is -0.215. The van der Waals surface area contributed by atoms with Crippen LogP contribution in [0.1, 0.15) is 29.8 Å². The van der Waals surface area contributed by atoms with Crippen LogP contribution in [0.25, 0.3) is 0 Å². The highest BCUT2D eigenvalue weighted by molar-refractivity contribution is 14.1. The van der Waals surface area contributed by atoms with Crippen LogP contribution in [-0.4, -0.2) is 12.1 Å². The number of carbonyl (C=O) groups excluding carboxylic acids is 1. The zero-order valence-electron chi connectivity index (χ0n) is 10.4. The highest BCUT2D eigenvalue weighted by atomic mass is 127. The molecule has 96 valence electrons. The Morgan fingerprint density at radius 2 is 2.22 bits per heavy atom. The van der Waals surface area contributed by atoms with E-state index in [0.29, 0.717) is 6.42 Å². The van der Waals surface area contributed by atoms with Crippen molar-refractivity contribution in [2.45, 2.75) is 30.2 Å². The molecule has 0 aromatic heterocycles. The molecule has 0 aliphatic heterocycles. The van der Waals surface area contributed by atoms with E-state index in [-0.39, 0.29) is 16.0 Å². The van der Waals surface area contributed by atoms with Gasteiger partial charge in [-0.15, -0.1) is 0 Å². The van der Waals surface area contributed by atoms with E-state index in [0.717, 1.165) is 11.3 Å². The third-order valence-corrected chi connectivity index (χ3v) is 3.36. The maximum absolute atomic E-state index is 11.6. The molecular weight excluding hydrogens is 341 g/mol. The van der Waals surface area contributed by atoms with Crippen LogP contribution < -0.4 is 10.6 Å². The van der Waals surface area contributed by atoms with Gasteiger partial charge in [0.1, 0.15) is 0 Å². The molecule has 0 aliphatic carbocycles. The molecule has 2 N–H and O–H groups in total. The average Bonchev–Trinajstić information content (AvgIpc) is 2.28. The molecule has 1 atom stereocenters. The number of rotatable bonds is 4. The molecule has 5 heteroatoms. The number of carbonyl (C=O) groups is 1. The fraction of sp³-hybridized carbons (Fsp3) is 0.385. The topological polar surface area (TPSA) is 64.9 Å². The molecule has 0 spiro atoms. The van der Waals surface area contributed by atoms with Crippen LogP contribution in [0.2, 0.25) is 0 Å². The number of amides is 2. The van der Waals surface area contributed by atoms with Crippen LogP contribution in [0.4, 0.5) is 10.5 Å². The summed E-state index contributed by atoms with van der Waals surface area (Å²) in [6, 6.07) is 9.60. The first kappa shape index (κ1) is 14.8. The maximum Gasteiger partial charge on any atom is 0.319 e. The standard InChI is InChI=1S/C13H16IN3O/c1-9(2)16-13(18)17-11-5-3-4-10(8-11)12(14)6-7-15/h3-5,8-9,12H,6H2,1-2H3,(H2,16,17,18). The number of urea groups is 1. The summed E-state index contributed by atoms with van der Waals surface area (Å²) in [5.41, 5.74) is 1.78. The first-order valence-corrected chi connectivity index (χ1v) is 6.96. The Labute approximate surface area is 121 Å². The second-order valence-corrected chi connectivity index (χ2v) is 5.71. The van der Waals surface area contributed by atoms with Crippen molar-refractivity contribution in [2.75, 3.05) is 5.32 Å². The minimum absolute atomic E-state index is 0.101. The summed E-state index contributed by atoms with van der Waals surface area (Å²) >= 11 is 2.23. The van der Waals surface area contributed by atoms with Crippen molar-refractivity contribution in [3.05, 3.63) is 29.8 Å². The monoisotopic (exact) mass is 357 g/mol. The molecule has 2 amide bonds. The molecule has 1 aromatic rings. The maximum atomic E-state index is 11.6. The number of benzene rings is 1. The lowest BCUT2D eigenvalue weighted by Crippen LogP contribution is -2.34. The number of hydrogen-bond donors (Lipinski definition) is 2. The summed E-state index contributed by atoms with van der Waals surface area (Å²) in [5.74, 6) is 0. The van der Waals surface area contributed by atoms with Crippen molar-refractivity contribution < 1.29 is 4.79 Å². The van der Waals surface area contributed by atoms with Gasteiger partial charge in [-0.05, 0) is 31.5 Å². The van der Waals surface area contributed by atoms with E-state index in [1.807, 2.05) is 38.1 Å². The Morgan fingerprint density at radius 3 is 2.83 bits per heavy atom. The van der Waals surface area contributed by atoms with Gasteiger partial charge in [0.05, 0.1) is 12.5 Å². The molecule has 4 nitrogen and oxygen atoms in total. The number of halogens is 1. The molecular formula is C13H16IN3O. The van der Waals surface area contributed by atoms with Gasteiger partial charge in [-0.2, -0.15) is 5.26 Å². The number of nitriles is 1. The Morgan fingerprint density at radius 1 is 1.50 bits per heavy atom. The van der Waals surface area contributed by atoms with E-state index in [4.69, 9.17) is 5.26 Å².